The Morgan fingerprint density at radius 2 is 2.00 bits per heavy atom. The average Bonchev–Trinajstić information content (AvgIpc) is 2.45. The number of hydrogen-bond donors (Lipinski definition) is 0. The highest BCUT2D eigenvalue weighted by molar-refractivity contribution is 5.98. The number of benzene rings is 1. The SMILES string of the molecule is CC(C)N1Cc2ccccc2C1=O. The van der Waals surface area contributed by atoms with Gasteiger partial charge in [0.05, 0.1) is 0 Å². The molecule has 0 saturated heterocycles. The van der Waals surface area contributed by atoms with Crippen LogP contribution >= 0.6 is 0 Å². The molecule has 0 fully saturated rings. The van der Waals surface area contributed by atoms with Crippen molar-refractivity contribution in [2.75, 3.05) is 0 Å². The second-order valence-electron chi connectivity index (χ2n) is 3.68. The minimum atomic E-state index is 0.172. The quantitative estimate of drug-likeness (QED) is 0.639. The molecule has 0 aliphatic carbocycles. The van der Waals surface area contributed by atoms with E-state index in [1.165, 1.54) is 0 Å². The summed E-state index contributed by atoms with van der Waals surface area (Å²) in [4.78, 5) is 13.7. The van der Waals surface area contributed by atoms with Crippen LogP contribution in [0.2, 0.25) is 0 Å². The Morgan fingerprint density at radius 3 is 2.62 bits per heavy atom. The van der Waals surface area contributed by atoms with Gasteiger partial charge in [-0.3, -0.25) is 4.79 Å². The Balaban J connectivity index is 2.38. The van der Waals surface area contributed by atoms with E-state index in [1.54, 1.807) is 0 Å². The predicted octanol–water partition coefficient (Wildman–Crippen LogP) is 2.05. The largest absolute Gasteiger partial charge is 0.332 e. The molecule has 1 aliphatic rings. The lowest BCUT2D eigenvalue weighted by Gasteiger charge is -2.19. The third kappa shape index (κ3) is 1.22. The van der Waals surface area contributed by atoms with E-state index in [-0.39, 0.29) is 5.91 Å². The van der Waals surface area contributed by atoms with E-state index in [4.69, 9.17) is 0 Å². The first-order valence-corrected chi connectivity index (χ1v) is 4.59. The van der Waals surface area contributed by atoms with E-state index in [0.29, 0.717) is 6.04 Å². The topological polar surface area (TPSA) is 20.3 Å². The normalized spacial score (nSPS) is 15.3. The van der Waals surface area contributed by atoms with Gasteiger partial charge < -0.3 is 4.90 Å². The van der Waals surface area contributed by atoms with Crippen LogP contribution in [0.1, 0.15) is 29.8 Å². The lowest BCUT2D eigenvalue weighted by molar-refractivity contribution is 0.0730. The van der Waals surface area contributed by atoms with Crippen molar-refractivity contribution in [2.24, 2.45) is 0 Å². The van der Waals surface area contributed by atoms with Gasteiger partial charge in [0.25, 0.3) is 5.91 Å². The minimum Gasteiger partial charge on any atom is -0.332 e. The molecule has 0 saturated carbocycles. The molecule has 2 nitrogen and oxygen atoms in total. The Bertz CT molecular complexity index is 344. The van der Waals surface area contributed by atoms with Crippen molar-refractivity contribution in [3.8, 4) is 0 Å². The molecule has 0 aromatic heterocycles. The molecule has 2 rings (SSSR count). The molecule has 1 aliphatic heterocycles. The molecule has 0 atom stereocenters. The number of carbonyl (C=O) groups is 1. The van der Waals surface area contributed by atoms with Crippen LogP contribution in [0.5, 0.6) is 0 Å². The standard InChI is InChI=1S/C11H13NO/c1-8(2)12-7-9-5-3-4-6-10(9)11(12)13/h3-6,8H,7H2,1-2H3. The third-order valence-electron chi connectivity index (χ3n) is 2.47. The van der Waals surface area contributed by atoms with Crippen LogP contribution < -0.4 is 0 Å². The van der Waals surface area contributed by atoms with Crippen molar-refractivity contribution in [3.63, 3.8) is 0 Å². The smallest absolute Gasteiger partial charge is 0.254 e. The summed E-state index contributed by atoms with van der Waals surface area (Å²) in [7, 11) is 0. The van der Waals surface area contributed by atoms with Crippen LogP contribution in [0.15, 0.2) is 24.3 Å². The first-order chi connectivity index (χ1) is 6.20. The summed E-state index contributed by atoms with van der Waals surface area (Å²) >= 11 is 0. The monoisotopic (exact) mass is 175 g/mol. The van der Waals surface area contributed by atoms with Gasteiger partial charge in [0.1, 0.15) is 0 Å². The van der Waals surface area contributed by atoms with Crippen molar-refractivity contribution in [2.45, 2.75) is 26.4 Å². The van der Waals surface area contributed by atoms with E-state index in [0.717, 1.165) is 17.7 Å². The second-order valence-corrected chi connectivity index (χ2v) is 3.68. The number of fused-ring (bicyclic) bond motifs is 1. The van der Waals surface area contributed by atoms with Gasteiger partial charge in [0.2, 0.25) is 0 Å². The highest BCUT2D eigenvalue weighted by atomic mass is 16.2. The van der Waals surface area contributed by atoms with Gasteiger partial charge >= 0.3 is 0 Å². The zero-order chi connectivity index (χ0) is 9.42. The molecule has 1 heterocycles. The van der Waals surface area contributed by atoms with E-state index >= 15 is 0 Å². The molecule has 68 valence electrons. The average molecular weight is 175 g/mol. The van der Waals surface area contributed by atoms with Crippen LogP contribution in [0, 0.1) is 0 Å². The molecule has 1 amide bonds. The van der Waals surface area contributed by atoms with Gasteiger partial charge in [0.15, 0.2) is 0 Å². The van der Waals surface area contributed by atoms with E-state index < -0.39 is 0 Å². The Morgan fingerprint density at radius 1 is 1.31 bits per heavy atom. The first kappa shape index (κ1) is 8.30. The van der Waals surface area contributed by atoms with Gasteiger partial charge in [-0.05, 0) is 25.5 Å². The summed E-state index contributed by atoms with van der Waals surface area (Å²) in [6.07, 6.45) is 0. The lowest BCUT2D eigenvalue weighted by Crippen LogP contribution is -2.30. The van der Waals surface area contributed by atoms with Crippen LogP contribution in [-0.2, 0) is 6.54 Å². The number of hydrogen-bond acceptors (Lipinski definition) is 1. The minimum absolute atomic E-state index is 0.172. The Hall–Kier alpha value is -1.31. The fraction of sp³-hybridized carbons (Fsp3) is 0.364. The van der Waals surface area contributed by atoms with E-state index in [9.17, 15) is 4.79 Å². The maximum atomic E-state index is 11.8. The van der Waals surface area contributed by atoms with Gasteiger partial charge in [0, 0.05) is 18.2 Å². The molecule has 2 heteroatoms. The van der Waals surface area contributed by atoms with Crippen LogP contribution in [0.4, 0.5) is 0 Å². The summed E-state index contributed by atoms with van der Waals surface area (Å²) < 4.78 is 0. The van der Waals surface area contributed by atoms with E-state index in [2.05, 4.69) is 0 Å². The summed E-state index contributed by atoms with van der Waals surface area (Å²) in [6.45, 7) is 4.86. The van der Waals surface area contributed by atoms with Crippen molar-refractivity contribution in [3.05, 3.63) is 35.4 Å². The third-order valence-corrected chi connectivity index (χ3v) is 2.47. The number of amides is 1. The predicted molar refractivity (Wildman–Crippen MR) is 51.5 cm³/mol. The fourth-order valence-corrected chi connectivity index (χ4v) is 1.69. The first-order valence-electron chi connectivity index (χ1n) is 4.59. The highest BCUT2D eigenvalue weighted by Gasteiger charge is 2.27. The number of carbonyl (C=O) groups excluding carboxylic acids is 1. The van der Waals surface area contributed by atoms with E-state index in [1.807, 2.05) is 43.0 Å². The van der Waals surface area contributed by atoms with Gasteiger partial charge in [-0.1, -0.05) is 18.2 Å². The molecule has 0 spiro atoms. The summed E-state index contributed by atoms with van der Waals surface area (Å²) in [5.41, 5.74) is 2.03. The van der Waals surface area contributed by atoms with Crippen molar-refractivity contribution >= 4 is 5.91 Å². The molecule has 0 bridgehead atoms. The fourth-order valence-electron chi connectivity index (χ4n) is 1.69. The summed E-state index contributed by atoms with van der Waals surface area (Å²) in [6, 6.07) is 8.12. The van der Waals surface area contributed by atoms with Crippen LogP contribution in [-0.4, -0.2) is 16.8 Å². The van der Waals surface area contributed by atoms with Crippen LogP contribution in [0.25, 0.3) is 0 Å². The number of rotatable bonds is 1. The van der Waals surface area contributed by atoms with Gasteiger partial charge in [-0.25, -0.2) is 0 Å². The zero-order valence-electron chi connectivity index (χ0n) is 7.95. The maximum absolute atomic E-state index is 11.8. The van der Waals surface area contributed by atoms with Crippen molar-refractivity contribution < 1.29 is 4.79 Å². The highest BCUT2D eigenvalue weighted by Crippen LogP contribution is 2.23. The molecule has 1 aromatic carbocycles. The molecule has 0 unspecified atom stereocenters. The molecule has 0 N–H and O–H groups in total. The zero-order valence-corrected chi connectivity index (χ0v) is 7.95. The molecular formula is C11H13NO. The number of nitrogens with zero attached hydrogens (tertiary/aromatic N) is 1. The Kier molecular flexibility index (Phi) is 1.83. The summed E-state index contributed by atoms with van der Waals surface area (Å²) in [5.74, 6) is 0.172. The van der Waals surface area contributed by atoms with Crippen molar-refractivity contribution in [1.82, 2.24) is 4.90 Å². The lowest BCUT2D eigenvalue weighted by atomic mass is 10.1. The molecule has 1 aromatic rings. The van der Waals surface area contributed by atoms with Gasteiger partial charge in [-0.15, -0.1) is 0 Å². The summed E-state index contributed by atoms with van der Waals surface area (Å²) in [5, 5.41) is 0. The molecule has 0 radical (unpaired) electrons. The van der Waals surface area contributed by atoms with Crippen LogP contribution in [0.3, 0.4) is 0 Å². The second kappa shape index (κ2) is 2.87. The molecule has 13 heavy (non-hydrogen) atoms. The Labute approximate surface area is 78.2 Å². The maximum Gasteiger partial charge on any atom is 0.254 e. The van der Waals surface area contributed by atoms with Crippen molar-refractivity contribution in [1.29, 1.82) is 0 Å². The molecular weight excluding hydrogens is 162 g/mol. The van der Waals surface area contributed by atoms with Gasteiger partial charge in [-0.2, -0.15) is 0 Å².